The number of anilines is 2. The number of carbonyl (C=O) groups excluding carboxylic acids is 2. The molecule has 1 aliphatic heterocycles. The maximum Gasteiger partial charge on any atom is 0.265 e. The highest BCUT2D eigenvalue weighted by Gasteiger charge is 2.25. The molecule has 5 heteroatoms. The van der Waals surface area contributed by atoms with Gasteiger partial charge in [-0.3, -0.25) is 9.59 Å². The first kappa shape index (κ1) is 18.9. The summed E-state index contributed by atoms with van der Waals surface area (Å²) in [7, 11) is 0. The van der Waals surface area contributed by atoms with E-state index in [0.29, 0.717) is 17.9 Å². The molecule has 4 aromatic rings. The molecule has 0 saturated carbocycles. The Bertz CT molecular complexity index is 1280. The summed E-state index contributed by atoms with van der Waals surface area (Å²) < 4.78 is 5.50. The lowest BCUT2D eigenvalue weighted by molar-refractivity contribution is -0.121. The molecule has 1 N–H and O–H groups in total. The Hall–Kier alpha value is -4.12. The maximum absolute atomic E-state index is 12.8. The normalized spacial score (nSPS) is 12.9. The molecule has 4 aromatic carbocycles. The van der Waals surface area contributed by atoms with E-state index in [-0.39, 0.29) is 18.4 Å². The van der Waals surface area contributed by atoms with E-state index in [9.17, 15) is 9.59 Å². The van der Waals surface area contributed by atoms with Gasteiger partial charge in [-0.15, -0.1) is 0 Å². The molecule has 0 aliphatic carbocycles. The van der Waals surface area contributed by atoms with Gasteiger partial charge in [0.25, 0.3) is 11.8 Å². The third kappa shape index (κ3) is 3.73. The molecule has 0 radical (unpaired) electrons. The highest BCUT2D eigenvalue weighted by atomic mass is 16.5. The van der Waals surface area contributed by atoms with Gasteiger partial charge < -0.3 is 15.0 Å². The van der Waals surface area contributed by atoms with Crippen molar-refractivity contribution >= 4 is 34.0 Å². The Balaban J connectivity index is 1.33. The van der Waals surface area contributed by atoms with Gasteiger partial charge in [0.2, 0.25) is 0 Å². The minimum absolute atomic E-state index is 0.0303. The van der Waals surface area contributed by atoms with E-state index in [1.807, 2.05) is 78.9 Å². The second-order valence-corrected chi connectivity index (χ2v) is 7.41. The third-order valence-electron chi connectivity index (χ3n) is 5.40. The lowest BCUT2D eigenvalue weighted by atomic mass is 10.1. The van der Waals surface area contributed by atoms with Crippen LogP contribution in [0.4, 0.5) is 11.4 Å². The molecular formula is C26H20N2O3. The minimum Gasteiger partial charge on any atom is -0.482 e. The van der Waals surface area contributed by atoms with Gasteiger partial charge in [-0.25, -0.2) is 0 Å². The van der Waals surface area contributed by atoms with Gasteiger partial charge in [-0.2, -0.15) is 0 Å². The van der Waals surface area contributed by atoms with Crippen LogP contribution in [0, 0.1) is 0 Å². The monoisotopic (exact) mass is 408 g/mol. The van der Waals surface area contributed by atoms with Crippen molar-refractivity contribution in [2.45, 2.75) is 6.54 Å². The smallest absolute Gasteiger partial charge is 0.265 e. The van der Waals surface area contributed by atoms with Gasteiger partial charge in [-0.1, -0.05) is 60.7 Å². The van der Waals surface area contributed by atoms with Crippen molar-refractivity contribution in [2.75, 3.05) is 16.8 Å². The molecule has 5 nitrogen and oxygen atoms in total. The zero-order chi connectivity index (χ0) is 21.2. The summed E-state index contributed by atoms with van der Waals surface area (Å²) in [5.74, 6) is 0.445. The van der Waals surface area contributed by atoms with Crippen molar-refractivity contribution in [3.8, 4) is 5.75 Å². The molecule has 1 heterocycles. The summed E-state index contributed by atoms with van der Waals surface area (Å²) >= 11 is 0. The van der Waals surface area contributed by atoms with Crippen molar-refractivity contribution in [3.63, 3.8) is 0 Å². The predicted molar refractivity (Wildman–Crippen MR) is 121 cm³/mol. The van der Waals surface area contributed by atoms with Crippen LogP contribution in [0.15, 0.2) is 91.0 Å². The highest BCUT2D eigenvalue weighted by molar-refractivity contribution is 6.09. The van der Waals surface area contributed by atoms with Crippen molar-refractivity contribution in [3.05, 3.63) is 102 Å². The van der Waals surface area contributed by atoms with Crippen molar-refractivity contribution < 1.29 is 14.3 Å². The molecule has 5 rings (SSSR count). The predicted octanol–water partition coefficient (Wildman–Crippen LogP) is 5.02. The van der Waals surface area contributed by atoms with Crippen LogP contribution in [0.3, 0.4) is 0 Å². The molecule has 0 aromatic heterocycles. The quantitative estimate of drug-likeness (QED) is 0.516. The highest BCUT2D eigenvalue weighted by Crippen LogP contribution is 2.32. The van der Waals surface area contributed by atoms with Crippen LogP contribution in [0.25, 0.3) is 10.8 Å². The number of fused-ring (bicyclic) bond motifs is 2. The fourth-order valence-electron chi connectivity index (χ4n) is 3.80. The summed E-state index contributed by atoms with van der Waals surface area (Å²) in [6, 6.07) is 28.6. The maximum atomic E-state index is 12.8. The van der Waals surface area contributed by atoms with Gasteiger partial charge in [0.15, 0.2) is 6.61 Å². The number of carbonyl (C=O) groups is 2. The number of nitrogens with one attached hydrogen (secondary N) is 1. The summed E-state index contributed by atoms with van der Waals surface area (Å²) in [6.45, 7) is 0.451. The second-order valence-electron chi connectivity index (χ2n) is 7.41. The Morgan fingerprint density at radius 2 is 1.61 bits per heavy atom. The van der Waals surface area contributed by atoms with Crippen LogP contribution in [0.2, 0.25) is 0 Å². The summed E-state index contributed by atoms with van der Waals surface area (Å²) in [5.41, 5.74) is 3.04. The molecule has 31 heavy (non-hydrogen) atoms. The third-order valence-corrected chi connectivity index (χ3v) is 5.40. The topological polar surface area (TPSA) is 58.6 Å². The Labute approximate surface area is 179 Å². The fraction of sp³-hybridized carbons (Fsp3) is 0.0769. The van der Waals surface area contributed by atoms with Crippen LogP contribution in [0.5, 0.6) is 5.75 Å². The van der Waals surface area contributed by atoms with Crippen molar-refractivity contribution in [2.24, 2.45) is 0 Å². The number of ether oxygens (including phenoxy) is 1. The van der Waals surface area contributed by atoms with E-state index in [4.69, 9.17) is 4.74 Å². The summed E-state index contributed by atoms with van der Waals surface area (Å²) in [6.07, 6.45) is 0. The Morgan fingerprint density at radius 1 is 0.871 bits per heavy atom. The van der Waals surface area contributed by atoms with E-state index < -0.39 is 0 Å². The first-order valence-corrected chi connectivity index (χ1v) is 10.1. The van der Waals surface area contributed by atoms with Crippen LogP contribution >= 0.6 is 0 Å². The van der Waals surface area contributed by atoms with Gasteiger partial charge in [-0.05, 0) is 41.3 Å². The number of hydrogen-bond donors (Lipinski definition) is 1. The fourth-order valence-corrected chi connectivity index (χ4v) is 3.80. The number of rotatable bonds is 4. The zero-order valence-corrected chi connectivity index (χ0v) is 16.7. The van der Waals surface area contributed by atoms with Crippen LogP contribution in [-0.4, -0.2) is 18.4 Å². The van der Waals surface area contributed by atoms with E-state index in [2.05, 4.69) is 5.32 Å². The first-order valence-electron chi connectivity index (χ1n) is 10.1. The van der Waals surface area contributed by atoms with Gasteiger partial charge >= 0.3 is 0 Å². The molecular weight excluding hydrogens is 388 g/mol. The Morgan fingerprint density at radius 3 is 2.48 bits per heavy atom. The summed E-state index contributed by atoms with van der Waals surface area (Å²) in [4.78, 5) is 26.9. The second kappa shape index (κ2) is 7.95. The Kier molecular flexibility index (Phi) is 4.84. The number of benzene rings is 4. The molecule has 1 aliphatic rings. The van der Waals surface area contributed by atoms with Gasteiger partial charge in [0.05, 0.1) is 12.2 Å². The molecule has 0 bridgehead atoms. The molecule has 0 fully saturated rings. The molecule has 0 atom stereocenters. The van der Waals surface area contributed by atoms with Crippen LogP contribution in [0.1, 0.15) is 15.9 Å². The van der Waals surface area contributed by atoms with Crippen LogP contribution in [-0.2, 0) is 11.3 Å². The standard InChI is InChI=1S/C26H20N2O3/c29-25-17-31-24-11-4-3-10-23(24)28(25)16-18-12-14-20(15-13-18)26(30)27-22-9-5-7-19-6-1-2-8-21(19)22/h1-15H,16-17H2,(H,27,30). The summed E-state index contributed by atoms with van der Waals surface area (Å²) in [5, 5.41) is 5.08. The van der Waals surface area contributed by atoms with E-state index >= 15 is 0 Å². The molecule has 0 spiro atoms. The lowest BCUT2D eigenvalue weighted by Crippen LogP contribution is -2.38. The van der Waals surface area contributed by atoms with E-state index in [1.165, 1.54) is 0 Å². The largest absolute Gasteiger partial charge is 0.482 e. The number of hydrogen-bond acceptors (Lipinski definition) is 3. The zero-order valence-electron chi connectivity index (χ0n) is 16.7. The minimum atomic E-state index is -0.171. The van der Waals surface area contributed by atoms with E-state index in [0.717, 1.165) is 27.7 Å². The molecule has 0 unspecified atom stereocenters. The van der Waals surface area contributed by atoms with Crippen molar-refractivity contribution in [1.82, 2.24) is 0 Å². The van der Waals surface area contributed by atoms with Crippen LogP contribution < -0.4 is 15.0 Å². The lowest BCUT2D eigenvalue weighted by Gasteiger charge is -2.29. The molecule has 152 valence electrons. The molecule has 0 saturated heterocycles. The first-order chi connectivity index (χ1) is 15.2. The van der Waals surface area contributed by atoms with E-state index in [1.54, 1.807) is 17.0 Å². The van der Waals surface area contributed by atoms with Gasteiger partial charge in [0.1, 0.15) is 5.75 Å². The number of para-hydroxylation sites is 2. The van der Waals surface area contributed by atoms with Gasteiger partial charge in [0, 0.05) is 16.6 Å². The average molecular weight is 408 g/mol. The number of amides is 2. The average Bonchev–Trinajstić information content (AvgIpc) is 2.81. The SMILES string of the molecule is O=C(Nc1cccc2ccccc12)c1ccc(CN2C(=O)COc3ccccc32)cc1. The number of nitrogens with zero attached hydrogens (tertiary/aromatic N) is 1. The van der Waals surface area contributed by atoms with Crippen molar-refractivity contribution in [1.29, 1.82) is 0 Å². The molecule has 2 amide bonds.